The summed E-state index contributed by atoms with van der Waals surface area (Å²) < 4.78 is 5.80. The summed E-state index contributed by atoms with van der Waals surface area (Å²) in [4.78, 5) is 0. The Morgan fingerprint density at radius 3 is 2.14 bits per heavy atom. The molecule has 1 nitrogen and oxygen atoms in total. The first kappa shape index (κ1) is 11.6. The fraction of sp³-hybridized carbons (Fsp3) is 0.500. The highest BCUT2D eigenvalue weighted by molar-refractivity contribution is 9.08. The third kappa shape index (κ3) is 3.33. The lowest BCUT2D eigenvalue weighted by Crippen LogP contribution is -2.13. The Morgan fingerprint density at radius 1 is 1.14 bits per heavy atom. The molecule has 0 aliphatic rings. The van der Waals surface area contributed by atoms with E-state index in [-0.39, 0.29) is 0 Å². The number of alkyl halides is 1. The minimum absolute atomic E-state index is 0.352. The quantitative estimate of drug-likeness (QED) is 0.720. The van der Waals surface area contributed by atoms with Gasteiger partial charge in [0.05, 0.1) is 6.10 Å². The molecule has 0 amide bonds. The predicted molar refractivity (Wildman–Crippen MR) is 64.1 cm³/mol. The van der Waals surface area contributed by atoms with Gasteiger partial charge in [0.2, 0.25) is 0 Å². The number of hydrogen-bond acceptors (Lipinski definition) is 1. The Kier molecular flexibility index (Phi) is 5.02. The number of ether oxygens (including phenoxy) is 1. The van der Waals surface area contributed by atoms with Crippen LogP contribution >= 0.6 is 15.9 Å². The molecule has 0 N–H and O–H groups in total. The highest BCUT2D eigenvalue weighted by Gasteiger charge is 2.04. The number of halogens is 1. The van der Waals surface area contributed by atoms with Crippen molar-refractivity contribution in [1.82, 2.24) is 0 Å². The standard InChI is InChI=1S/C12H17BrO/c1-3-11(4-2)14-12-7-5-10(9-13)6-8-12/h5-8,11H,3-4,9H2,1-2H3. The normalized spacial score (nSPS) is 10.6. The first-order chi connectivity index (χ1) is 6.80. The number of hydrogen-bond donors (Lipinski definition) is 0. The van der Waals surface area contributed by atoms with E-state index < -0.39 is 0 Å². The Labute approximate surface area is 94.6 Å². The summed E-state index contributed by atoms with van der Waals surface area (Å²) in [6, 6.07) is 8.25. The monoisotopic (exact) mass is 256 g/mol. The molecule has 1 aromatic rings. The first-order valence-corrected chi connectivity index (χ1v) is 6.23. The zero-order valence-electron chi connectivity index (χ0n) is 8.79. The lowest BCUT2D eigenvalue weighted by atomic mass is 10.2. The van der Waals surface area contributed by atoms with Gasteiger partial charge in [-0.2, -0.15) is 0 Å². The highest BCUT2D eigenvalue weighted by atomic mass is 79.9. The second kappa shape index (κ2) is 6.07. The third-order valence-corrected chi connectivity index (χ3v) is 2.94. The Morgan fingerprint density at radius 2 is 1.71 bits per heavy atom. The van der Waals surface area contributed by atoms with Gasteiger partial charge in [-0.25, -0.2) is 0 Å². The molecule has 1 aromatic carbocycles. The molecule has 0 aliphatic carbocycles. The molecule has 0 aliphatic heterocycles. The summed E-state index contributed by atoms with van der Waals surface area (Å²) in [6.07, 6.45) is 2.48. The molecule has 0 aromatic heterocycles. The first-order valence-electron chi connectivity index (χ1n) is 5.11. The van der Waals surface area contributed by atoms with E-state index >= 15 is 0 Å². The van der Waals surface area contributed by atoms with E-state index in [9.17, 15) is 0 Å². The van der Waals surface area contributed by atoms with Crippen LogP contribution in [0, 0.1) is 0 Å². The predicted octanol–water partition coefficient (Wildman–Crippen LogP) is 4.15. The van der Waals surface area contributed by atoms with Crippen LogP contribution in [0.1, 0.15) is 32.3 Å². The molecule has 0 saturated carbocycles. The van der Waals surface area contributed by atoms with Gasteiger partial charge in [0.1, 0.15) is 5.75 Å². The van der Waals surface area contributed by atoms with Crippen LogP contribution < -0.4 is 4.74 Å². The van der Waals surface area contributed by atoms with Crippen molar-refractivity contribution < 1.29 is 4.74 Å². The van der Waals surface area contributed by atoms with Crippen molar-refractivity contribution in [2.45, 2.75) is 38.1 Å². The van der Waals surface area contributed by atoms with Crippen LogP contribution in [-0.4, -0.2) is 6.10 Å². The average Bonchev–Trinajstić information content (AvgIpc) is 2.26. The summed E-state index contributed by atoms with van der Waals surface area (Å²) in [5.74, 6) is 0.975. The SMILES string of the molecule is CCC(CC)Oc1ccc(CBr)cc1. The lowest BCUT2D eigenvalue weighted by molar-refractivity contribution is 0.193. The molecule has 14 heavy (non-hydrogen) atoms. The number of benzene rings is 1. The maximum absolute atomic E-state index is 5.80. The summed E-state index contributed by atoms with van der Waals surface area (Å²) in [5, 5.41) is 0.901. The van der Waals surface area contributed by atoms with E-state index in [0.29, 0.717) is 6.10 Å². The van der Waals surface area contributed by atoms with E-state index in [1.54, 1.807) is 0 Å². The van der Waals surface area contributed by atoms with Crippen molar-refractivity contribution in [3.63, 3.8) is 0 Å². The highest BCUT2D eigenvalue weighted by Crippen LogP contribution is 2.17. The van der Waals surface area contributed by atoms with Gasteiger partial charge < -0.3 is 4.74 Å². The summed E-state index contributed by atoms with van der Waals surface area (Å²) in [6.45, 7) is 4.31. The summed E-state index contributed by atoms with van der Waals surface area (Å²) >= 11 is 3.42. The zero-order valence-corrected chi connectivity index (χ0v) is 10.4. The van der Waals surface area contributed by atoms with E-state index in [2.05, 4.69) is 41.9 Å². The van der Waals surface area contributed by atoms with Crippen molar-refractivity contribution in [3.05, 3.63) is 29.8 Å². The van der Waals surface area contributed by atoms with Crippen molar-refractivity contribution in [1.29, 1.82) is 0 Å². The van der Waals surface area contributed by atoms with Gasteiger partial charge in [0.25, 0.3) is 0 Å². The molecule has 0 heterocycles. The topological polar surface area (TPSA) is 9.23 Å². The fourth-order valence-corrected chi connectivity index (χ4v) is 1.68. The largest absolute Gasteiger partial charge is 0.490 e. The molecule has 78 valence electrons. The third-order valence-electron chi connectivity index (χ3n) is 2.29. The van der Waals surface area contributed by atoms with E-state index in [1.165, 1.54) is 5.56 Å². The van der Waals surface area contributed by atoms with Gasteiger partial charge >= 0.3 is 0 Å². The summed E-state index contributed by atoms with van der Waals surface area (Å²) in [7, 11) is 0. The van der Waals surface area contributed by atoms with Gasteiger partial charge in [0.15, 0.2) is 0 Å². The molecule has 0 bridgehead atoms. The second-order valence-electron chi connectivity index (χ2n) is 3.33. The molecule has 0 unspecified atom stereocenters. The van der Waals surface area contributed by atoms with Crippen molar-refractivity contribution in [2.75, 3.05) is 0 Å². The lowest BCUT2D eigenvalue weighted by Gasteiger charge is -2.15. The molecule has 2 heteroatoms. The van der Waals surface area contributed by atoms with Crippen molar-refractivity contribution in [3.8, 4) is 5.75 Å². The molecular formula is C12H17BrO. The van der Waals surface area contributed by atoms with Gasteiger partial charge in [-0.1, -0.05) is 41.9 Å². The molecular weight excluding hydrogens is 240 g/mol. The van der Waals surface area contributed by atoms with Crippen molar-refractivity contribution in [2.24, 2.45) is 0 Å². The van der Waals surface area contributed by atoms with Crippen LogP contribution in [0.25, 0.3) is 0 Å². The minimum atomic E-state index is 0.352. The van der Waals surface area contributed by atoms with Crippen LogP contribution in [-0.2, 0) is 5.33 Å². The smallest absolute Gasteiger partial charge is 0.119 e. The second-order valence-corrected chi connectivity index (χ2v) is 3.89. The zero-order chi connectivity index (χ0) is 10.4. The van der Waals surface area contributed by atoms with Crippen LogP contribution in [0.4, 0.5) is 0 Å². The van der Waals surface area contributed by atoms with Crippen molar-refractivity contribution >= 4 is 15.9 Å². The van der Waals surface area contributed by atoms with E-state index in [4.69, 9.17) is 4.74 Å². The van der Waals surface area contributed by atoms with Gasteiger partial charge in [-0.05, 0) is 30.5 Å². The fourth-order valence-electron chi connectivity index (χ4n) is 1.30. The van der Waals surface area contributed by atoms with Crippen LogP contribution in [0.15, 0.2) is 24.3 Å². The van der Waals surface area contributed by atoms with E-state index in [1.807, 2.05) is 12.1 Å². The molecule has 0 atom stereocenters. The van der Waals surface area contributed by atoms with Crippen LogP contribution in [0.5, 0.6) is 5.75 Å². The Balaban J connectivity index is 2.58. The van der Waals surface area contributed by atoms with E-state index in [0.717, 1.165) is 23.9 Å². The maximum atomic E-state index is 5.80. The maximum Gasteiger partial charge on any atom is 0.119 e. The molecule has 0 saturated heterocycles. The molecule has 1 rings (SSSR count). The summed E-state index contributed by atoms with van der Waals surface area (Å²) in [5.41, 5.74) is 1.28. The van der Waals surface area contributed by atoms with Gasteiger partial charge in [-0.15, -0.1) is 0 Å². The Hall–Kier alpha value is -0.500. The van der Waals surface area contributed by atoms with Gasteiger partial charge in [-0.3, -0.25) is 0 Å². The molecule has 0 spiro atoms. The average molecular weight is 257 g/mol. The minimum Gasteiger partial charge on any atom is -0.490 e. The van der Waals surface area contributed by atoms with Gasteiger partial charge in [0, 0.05) is 5.33 Å². The van der Waals surface area contributed by atoms with Crippen LogP contribution in [0.3, 0.4) is 0 Å². The molecule has 0 radical (unpaired) electrons. The van der Waals surface area contributed by atoms with Crippen LogP contribution in [0.2, 0.25) is 0 Å². The number of rotatable bonds is 5. The molecule has 0 fully saturated rings. The Bertz CT molecular complexity index is 252.